The van der Waals surface area contributed by atoms with Gasteiger partial charge in [-0.15, -0.1) is 0 Å². The fraction of sp³-hybridized carbons (Fsp3) is 0.500. The Labute approximate surface area is 78.4 Å². The number of rotatable bonds is 4. The highest BCUT2D eigenvalue weighted by Crippen LogP contribution is 2.32. The second-order valence-corrected chi connectivity index (χ2v) is 3.62. The van der Waals surface area contributed by atoms with E-state index in [1.165, 1.54) is 19.3 Å². The molecular weight excluding hydrogens is 162 g/mol. The van der Waals surface area contributed by atoms with Gasteiger partial charge in [0.2, 0.25) is 0 Å². The van der Waals surface area contributed by atoms with Crippen LogP contribution in [-0.2, 0) is 0 Å². The minimum atomic E-state index is 0.735. The molecule has 0 bridgehead atoms. The molecular formula is C10H15N3. The third-order valence-corrected chi connectivity index (χ3v) is 2.42. The van der Waals surface area contributed by atoms with Gasteiger partial charge in [0, 0.05) is 12.7 Å². The van der Waals surface area contributed by atoms with Crippen molar-refractivity contribution >= 4 is 11.4 Å². The summed E-state index contributed by atoms with van der Waals surface area (Å²) >= 11 is 0. The molecule has 3 heteroatoms. The van der Waals surface area contributed by atoms with Crippen molar-refractivity contribution < 1.29 is 0 Å². The number of nitrogens with two attached hydrogens (primary N) is 1. The monoisotopic (exact) mass is 177 g/mol. The summed E-state index contributed by atoms with van der Waals surface area (Å²) in [5.41, 5.74) is 7.47. The quantitative estimate of drug-likeness (QED) is 0.738. The molecule has 3 N–H and O–H groups in total. The van der Waals surface area contributed by atoms with Gasteiger partial charge >= 0.3 is 0 Å². The Hall–Kier alpha value is -1.25. The van der Waals surface area contributed by atoms with Crippen molar-refractivity contribution in [3.8, 4) is 0 Å². The van der Waals surface area contributed by atoms with Gasteiger partial charge in [-0.2, -0.15) is 0 Å². The van der Waals surface area contributed by atoms with Crippen LogP contribution in [0.2, 0.25) is 0 Å². The molecule has 1 heterocycles. The summed E-state index contributed by atoms with van der Waals surface area (Å²) < 4.78 is 0. The van der Waals surface area contributed by atoms with Crippen LogP contribution in [-0.4, -0.2) is 11.5 Å². The van der Waals surface area contributed by atoms with Crippen LogP contribution in [0.3, 0.4) is 0 Å². The van der Waals surface area contributed by atoms with Crippen molar-refractivity contribution in [1.82, 2.24) is 4.98 Å². The van der Waals surface area contributed by atoms with E-state index in [1.54, 1.807) is 12.4 Å². The number of aromatic nitrogens is 1. The Balaban J connectivity index is 1.82. The van der Waals surface area contributed by atoms with E-state index in [4.69, 9.17) is 5.73 Å². The molecule has 0 amide bonds. The summed E-state index contributed by atoms with van der Waals surface area (Å²) in [6.07, 6.45) is 7.53. The summed E-state index contributed by atoms with van der Waals surface area (Å²) in [5.74, 6) is 0.968. The third kappa shape index (κ3) is 2.34. The zero-order chi connectivity index (χ0) is 9.10. The molecule has 0 aliphatic heterocycles. The molecule has 0 spiro atoms. The summed E-state index contributed by atoms with van der Waals surface area (Å²) in [6, 6.07) is 1.92. The minimum Gasteiger partial charge on any atom is -0.396 e. The summed E-state index contributed by atoms with van der Waals surface area (Å²) in [6.45, 7) is 1.03. The predicted octanol–water partition coefficient (Wildman–Crippen LogP) is 1.88. The molecule has 1 fully saturated rings. The van der Waals surface area contributed by atoms with Crippen molar-refractivity contribution in [2.45, 2.75) is 19.3 Å². The first-order valence-electron chi connectivity index (χ1n) is 4.79. The van der Waals surface area contributed by atoms with Gasteiger partial charge in [-0.1, -0.05) is 12.8 Å². The normalized spacial score (nSPS) is 15.7. The standard InChI is InChI=1S/C10H15N3/c11-9-7-12-5-4-10(9)13-6-3-8-1-2-8/h4-5,7-8H,1-3,6,11H2,(H,12,13). The van der Waals surface area contributed by atoms with Crippen molar-refractivity contribution in [2.24, 2.45) is 5.92 Å². The summed E-state index contributed by atoms with van der Waals surface area (Å²) in [7, 11) is 0. The van der Waals surface area contributed by atoms with Crippen molar-refractivity contribution in [1.29, 1.82) is 0 Å². The first-order valence-corrected chi connectivity index (χ1v) is 4.79. The van der Waals surface area contributed by atoms with Gasteiger partial charge in [0.15, 0.2) is 0 Å². The van der Waals surface area contributed by atoms with Crippen LogP contribution in [0.25, 0.3) is 0 Å². The maximum Gasteiger partial charge on any atom is 0.0736 e. The number of hydrogen-bond acceptors (Lipinski definition) is 3. The Morgan fingerprint density at radius 3 is 3.08 bits per heavy atom. The van der Waals surface area contributed by atoms with E-state index in [1.807, 2.05) is 6.07 Å². The van der Waals surface area contributed by atoms with E-state index in [9.17, 15) is 0 Å². The lowest BCUT2D eigenvalue weighted by Gasteiger charge is -2.07. The van der Waals surface area contributed by atoms with Crippen LogP contribution >= 0.6 is 0 Å². The fourth-order valence-electron chi connectivity index (χ4n) is 1.39. The van der Waals surface area contributed by atoms with Gasteiger partial charge in [0.05, 0.1) is 17.6 Å². The molecule has 1 saturated carbocycles. The molecule has 1 aromatic heterocycles. The number of nitrogen functional groups attached to an aromatic ring is 1. The number of hydrogen-bond donors (Lipinski definition) is 2. The molecule has 1 aromatic rings. The molecule has 3 nitrogen and oxygen atoms in total. The molecule has 1 aliphatic carbocycles. The molecule has 0 atom stereocenters. The van der Waals surface area contributed by atoms with E-state index in [0.29, 0.717) is 0 Å². The van der Waals surface area contributed by atoms with Crippen molar-refractivity contribution in [2.75, 3.05) is 17.6 Å². The van der Waals surface area contributed by atoms with Gasteiger partial charge < -0.3 is 11.1 Å². The average molecular weight is 177 g/mol. The van der Waals surface area contributed by atoms with E-state index < -0.39 is 0 Å². The lowest BCUT2D eigenvalue weighted by atomic mass is 10.3. The number of pyridine rings is 1. The van der Waals surface area contributed by atoms with Crippen molar-refractivity contribution in [3.05, 3.63) is 18.5 Å². The Bertz CT molecular complexity index is 281. The van der Waals surface area contributed by atoms with E-state index >= 15 is 0 Å². The van der Waals surface area contributed by atoms with E-state index in [0.717, 1.165) is 23.8 Å². The number of nitrogens with zero attached hydrogens (tertiary/aromatic N) is 1. The average Bonchev–Trinajstić information content (AvgIpc) is 2.92. The highest BCUT2D eigenvalue weighted by molar-refractivity contribution is 5.64. The van der Waals surface area contributed by atoms with E-state index in [2.05, 4.69) is 10.3 Å². The summed E-state index contributed by atoms with van der Waals surface area (Å²) in [4.78, 5) is 3.94. The first kappa shape index (κ1) is 8.35. The second kappa shape index (κ2) is 3.64. The lowest BCUT2D eigenvalue weighted by molar-refractivity contribution is 0.760. The predicted molar refractivity (Wildman–Crippen MR) is 54.5 cm³/mol. The van der Waals surface area contributed by atoms with E-state index in [-0.39, 0.29) is 0 Å². The van der Waals surface area contributed by atoms with Crippen LogP contribution in [0.15, 0.2) is 18.5 Å². The van der Waals surface area contributed by atoms with Crippen LogP contribution in [0, 0.1) is 5.92 Å². The molecule has 0 radical (unpaired) electrons. The van der Waals surface area contributed by atoms with Crippen LogP contribution in [0.1, 0.15) is 19.3 Å². The van der Waals surface area contributed by atoms with Gasteiger partial charge in [0.1, 0.15) is 0 Å². The number of nitrogens with one attached hydrogen (secondary N) is 1. The topological polar surface area (TPSA) is 50.9 Å². The molecule has 13 heavy (non-hydrogen) atoms. The SMILES string of the molecule is Nc1cnccc1NCCC1CC1. The van der Waals surface area contributed by atoms with Crippen molar-refractivity contribution in [3.63, 3.8) is 0 Å². The molecule has 0 unspecified atom stereocenters. The third-order valence-electron chi connectivity index (χ3n) is 2.42. The number of anilines is 2. The molecule has 70 valence electrons. The lowest BCUT2D eigenvalue weighted by Crippen LogP contribution is -2.04. The smallest absolute Gasteiger partial charge is 0.0736 e. The fourth-order valence-corrected chi connectivity index (χ4v) is 1.39. The maximum atomic E-state index is 5.73. The van der Waals surface area contributed by atoms with Gasteiger partial charge in [-0.25, -0.2) is 0 Å². The van der Waals surface area contributed by atoms with Crippen LogP contribution in [0.4, 0.5) is 11.4 Å². The Morgan fingerprint density at radius 2 is 2.38 bits per heavy atom. The van der Waals surface area contributed by atoms with Crippen LogP contribution in [0.5, 0.6) is 0 Å². The Kier molecular flexibility index (Phi) is 2.34. The second-order valence-electron chi connectivity index (χ2n) is 3.62. The zero-order valence-electron chi connectivity index (χ0n) is 7.66. The highest BCUT2D eigenvalue weighted by Gasteiger charge is 2.20. The van der Waals surface area contributed by atoms with Gasteiger partial charge in [0.25, 0.3) is 0 Å². The molecule has 0 aromatic carbocycles. The first-order chi connectivity index (χ1) is 6.36. The van der Waals surface area contributed by atoms with Gasteiger partial charge in [-0.05, 0) is 18.4 Å². The highest BCUT2D eigenvalue weighted by atomic mass is 14.9. The minimum absolute atomic E-state index is 0.735. The van der Waals surface area contributed by atoms with Crippen LogP contribution < -0.4 is 11.1 Å². The molecule has 2 rings (SSSR count). The Morgan fingerprint density at radius 1 is 1.54 bits per heavy atom. The molecule has 0 saturated heterocycles. The largest absolute Gasteiger partial charge is 0.396 e. The summed E-state index contributed by atoms with van der Waals surface area (Å²) in [5, 5.41) is 3.32. The van der Waals surface area contributed by atoms with Gasteiger partial charge in [-0.3, -0.25) is 4.98 Å². The zero-order valence-corrected chi connectivity index (χ0v) is 7.66. The maximum absolute atomic E-state index is 5.73. The molecule has 1 aliphatic rings.